The Balaban J connectivity index is 1.24. The average Bonchev–Trinajstić information content (AvgIpc) is 2.86. The number of carbonyl (C=O) groups excluding carboxylic acids is 3. The molecular formula is C22H30N2O3. The number of nitrogens with zero attached hydrogens (tertiary/aromatic N) is 1. The molecule has 5 nitrogen and oxygen atoms in total. The summed E-state index contributed by atoms with van der Waals surface area (Å²) < 4.78 is 0. The molecule has 27 heavy (non-hydrogen) atoms. The lowest BCUT2D eigenvalue weighted by molar-refractivity contribution is -0.144. The summed E-state index contributed by atoms with van der Waals surface area (Å²) >= 11 is 0. The van der Waals surface area contributed by atoms with Crippen molar-refractivity contribution in [1.29, 1.82) is 0 Å². The summed E-state index contributed by atoms with van der Waals surface area (Å²) in [6, 6.07) is 0.121. The van der Waals surface area contributed by atoms with Crippen molar-refractivity contribution in [3.8, 4) is 0 Å². The summed E-state index contributed by atoms with van der Waals surface area (Å²) in [5.41, 5.74) is 0.237. The highest BCUT2D eigenvalue weighted by Crippen LogP contribution is 2.61. The van der Waals surface area contributed by atoms with Crippen LogP contribution in [0.4, 0.5) is 0 Å². The molecular weight excluding hydrogens is 340 g/mol. The minimum atomic E-state index is -0.254. The van der Waals surface area contributed by atoms with E-state index < -0.39 is 0 Å². The van der Waals surface area contributed by atoms with E-state index in [1.54, 1.807) is 0 Å². The second-order valence-electron chi connectivity index (χ2n) is 9.99. The summed E-state index contributed by atoms with van der Waals surface area (Å²) in [5.74, 6) is 1.52. The van der Waals surface area contributed by atoms with Crippen molar-refractivity contribution < 1.29 is 14.4 Å². The fourth-order valence-electron chi connectivity index (χ4n) is 7.32. The van der Waals surface area contributed by atoms with Crippen LogP contribution in [0.5, 0.6) is 0 Å². The highest BCUT2D eigenvalue weighted by atomic mass is 16.2. The summed E-state index contributed by atoms with van der Waals surface area (Å²) in [6.07, 6.45) is 13.0. The molecule has 0 aromatic rings. The van der Waals surface area contributed by atoms with Gasteiger partial charge in [0.05, 0.1) is 11.8 Å². The van der Waals surface area contributed by atoms with Crippen LogP contribution in [0.15, 0.2) is 12.2 Å². The number of nitrogens with one attached hydrogen (secondary N) is 1. The molecule has 1 heterocycles. The Morgan fingerprint density at radius 3 is 2.00 bits per heavy atom. The second-order valence-corrected chi connectivity index (χ2v) is 9.99. The lowest BCUT2D eigenvalue weighted by Crippen LogP contribution is -2.57. The molecule has 0 spiro atoms. The van der Waals surface area contributed by atoms with Crippen LogP contribution in [0, 0.1) is 35.0 Å². The fraction of sp³-hybridized carbons (Fsp3) is 0.773. The highest BCUT2D eigenvalue weighted by molar-refractivity contribution is 6.07. The van der Waals surface area contributed by atoms with Gasteiger partial charge in [0.15, 0.2) is 0 Å². The number of imide groups is 1. The quantitative estimate of drug-likeness (QED) is 0.611. The van der Waals surface area contributed by atoms with Gasteiger partial charge in [0, 0.05) is 6.04 Å². The van der Waals surface area contributed by atoms with Gasteiger partial charge in [-0.15, -0.1) is 0 Å². The molecule has 1 saturated heterocycles. The molecule has 5 heteroatoms. The Hall–Kier alpha value is -1.65. The van der Waals surface area contributed by atoms with Crippen LogP contribution >= 0.6 is 0 Å². The molecule has 4 bridgehead atoms. The smallest absolute Gasteiger partial charge is 0.240 e. The van der Waals surface area contributed by atoms with E-state index in [-0.39, 0.29) is 47.6 Å². The van der Waals surface area contributed by atoms with Gasteiger partial charge >= 0.3 is 0 Å². The molecule has 0 aromatic carbocycles. The number of amides is 3. The van der Waals surface area contributed by atoms with E-state index in [1.165, 1.54) is 43.4 Å². The van der Waals surface area contributed by atoms with Gasteiger partial charge in [-0.3, -0.25) is 19.3 Å². The molecule has 0 aromatic heterocycles. The maximum Gasteiger partial charge on any atom is 0.240 e. The summed E-state index contributed by atoms with van der Waals surface area (Å²) in [6.45, 7) is 2.03. The maximum absolute atomic E-state index is 12.7. The van der Waals surface area contributed by atoms with Crippen molar-refractivity contribution in [2.75, 3.05) is 6.54 Å². The third-order valence-electron chi connectivity index (χ3n) is 8.28. The predicted molar refractivity (Wildman–Crippen MR) is 100 cm³/mol. The predicted octanol–water partition coefficient (Wildman–Crippen LogP) is 2.66. The van der Waals surface area contributed by atoms with Gasteiger partial charge in [-0.1, -0.05) is 12.2 Å². The number of allylic oxidation sites excluding steroid dienone is 2. The molecule has 1 N–H and O–H groups in total. The zero-order chi connectivity index (χ0) is 18.8. The zero-order valence-corrected chi connectivity index (χ0v) is 16.2. The van der Waals surface area contributed by atoms with Crippen molar-refractivity contribution in [3.05, 3.63) is 12.2 Å². The summed E-state index contributed by atoms with van der Waals surface area (Å²) in [7, 11) is 0. The SMILES string of the molecule is C[C@H](NC(=O)CN1C(=O)[C@@H]2CC=CC[C@H]2C1=O)C12CC3CC(CC(C3)C1)C2. The number of likely N-dealkylation sites (tertiary alicyclic amines) is 1. The van der Waals surface area contributed by atoms with Crippen LogP contribution in [0.3, 0.4) is 0 Å². The van der Waals surface area contributed by atoms with Gasteiger partial charge in [0.1, 0.15) is 6.54 Å². The number of hydrogen-bond donors (Lipinski definition) is 1. The molecule has 146 valence electrons. The number of carbonyl (C=O) groups is 3. The molecule has 6 aliphatic rings. The standard InChI is InChI=1S/C22H30N2O3/c1-13(22-9-14-6-15(10-22)8-16(7-14)11-22)23-19(25)12-24-20(26)17-4-2-3-5-18(17)21(24)27/h2-3,13-18H,4-12H2,1H3,(H,23,25)/t13-,14?,15?,16?,17+,18+,22?/m0/s1. The van der Waals surface area contributed by atoms with Crippen LogP contribution in [0.1, 0.15) is 58.3 Å². The van der Waals surface area contributed by atoms with Gasteiger partial charge in [0.25, 0.3) is 0 Å². The Morgan fingerprint density at radius 2 is 1.52 bits per heavy atom. The molecule has 1 aliphatic heterocycles. The third kappa shape index (κ3) is 2.76. The zero-order valence-electron chi connectivity index (χ0n) is 16.2. The Morgan fingerprint density at radius 1 is 1.04 bits per heavy atom. The van der Waals surface area contributed by atoms with E-state index in [0.717, 1.165) is 17.8 Å². The van der Waals surface area contributed by atoms with Gasteiger partial charge < -0.3 is 5.32 Å². The summed E-state index contributed by atoms with van der Waals surface area (Å²) in [4.78, 5) is 39.1. The second kappa shape index (κ2) is 6.18. The first kappa shape index (κ1) is 17.4. The van der Waals surface area contributed by atoms with Crippen molar-refractivity contribution in [3.63, 3.8) is 0 Å². The molecule has 0 unspecified atom stereocenters. The number of fused-ring (bicyclic) bond motifs is 1. The van der Waals surface area contributed by atoms with E-state index in [4.69, 9.17) is 0 Å². The molecule has 6 rings (SSSR count). The van der Waals surface area contributed by atoms with Gasteiger partial charge in [-0.25, -0.2) is 0 Å². The first-order valence-electron chi connectivity index (χ1n) is 10.7. The lowest BCUT2D eigenvalue weighted by atomic mass is 9.48. The van der Waals surface area contributed by atoms with E-state index in [0.29, 0.717) is 12.8 Å². The third-order valence-corrected chi connectivity index (χ3v) is 8.28. The van der Waals surface area contributed by atoms with Gasteiger partial charge in [-0.2, -0.15) is 0 Å². The van der Waals surface area contributed by atoms with E-state index in [2.05, 4.69) is 12.2 Å². The van der Waals surface area contributed by atoms with Crippen molar-refractivity contribution in [2.24, 2.45) is 35.0 Å². The first-order valence-corrected chi connectivity index (χ1v) is 10.7. The molecule has 5 fully saturated rings. The van der Waals surface area contributed by atoms with Crippen LogP contribution in [-0.4, -0.2) is 35.2 Å². The first-order chi connectivity index (χ1) is 12.9. The van der Waals surface area contributed by atoms with E-state index in [1.807, 2.05) is 12.2 Å². The molecule has 4 saturated carbocycles. The molecule has 3 atom stereocenters. The Kier molecular flexibility index (Phi) is 3.99. The van der Waals surface area contributed by atoms with Crippen LogP contribution < -0.4 is 5.32 Å². The molecule has 5 aliphatic carbocycles. The minimum absolute atomic E-state index is 0.110. The monoisotopic (exact) mass is 370 g/mol. The Labute approximate surface area is 160 Å². The Bertz CT molecular complexity index is 651. The number of rotatable bonds is 4. The maximum atomic E-state index is 12.7. The minimum Gasteiger partial charge on any atom is -0.352 e. The topological polar surface area (TPSA) is 66.5 Å². The van der Waals surface area contributed by atoms with E-state index in [9.17, 15) is 14.4 Å². The van der Waals surface area contributed by atoms with Crippen molar-refractivity contribution in [2.45, 2.75) is 64.3 Å². The molecule has 3 amide bonds. The molecule has 0 radical (unpaired) electrons. The summed E-state index contributed by atoms with van der Waals surface area (Å²) in [5, 5.41) is 3.19. The largest absolute Gasteiger partial charge is 0.352 e. The average molecular weight is 370 g/mol. The number of hydrogen-bond acceptors (Lipinski definition) is 3. The van der Waals surface area contributed by atoms with E-state index >= 15 is 0 Å². The lowest BCUT2D eigenvalue weighted by Gasteiger charge is -2.59. The van der Waals surface area contributed by atoms with Gasteiger partial charge in [0.2, 0.25) is 17.7 Å². The van der Waals surface area contributed by atoms with Crippen molar-refractivity contribution in [1.82, 2.24) is 10.2 Å². The van der Waals surface area contributed by atoms with Crippen molar-refractivity contribution >= 4 is 17.7 Å². The normalized spacial score (nSPS) is 43.1. The highest BCUT2D eigenvalue weighted by Gasteiger charge is 2.53. The fourth-order valence-corrected chi connectivity index (χ4v) is 7.32. The van der Waals surface area contributed by atoms with Gasteiger partial charge in [-0.05, 0) is 81.5 Å². The van der Waals surface area contributed by atoms with Crippen LogP contribution in [0.25, 0.3) is 0 Å². The van der Waals surface area contributed by atoms with Crippen LogP contribution in [0.2, 0.25) is 0 Å². The van der Waals surface area contributed by atoms with Crippen LogP contribution in [-0.2, 0) is 14.4 Å².